The molecule has 4 heterocycles. The van der Waals surface area contributed by atoms with Crippen molar-refractivity contribution in [3.05, 3.63) is 71.2 Å². The average Bonchev–Trinajstić information content (AvgIpc) is 3.43. The zero-order valence-corrected chi connectivity index (χ0v) is 21.6. The molecule has 1 saturated carbocycles. The van der Waals surface area contributed by atoms with Crippen LogP contribution >= 0.6 is 11.6 Å². The van der Waals surface area contributed by atoms with Crippen molar-refractivity contribution in [1.29, 1.82) is 0 Å². The second-order valence-corrected chi connectivity index (χ2v) is 10.0. The first-order valence-corrected chi connectivity index (χ1v) is 12.9. The van der Waals surface area contributed by atoms with Crippen molar-refractivity contribution in [1.82, 2.24) is 20.2 Å². The third-order valence-electron chi connectivity index (χ3n) is 7.39. The standard InChI is InChI=1S/C29H26ClN5O3/c1-3-24(36)35-18(13-17-14-23(17)35)8-7-16-15-31-11-9-19(16)26-27(25-21(33-26)10-12-32-29(25)37)34-22-6-4-5-20(30)28(22)38-2/h3-6,9,11,15,17-18,23,33-34H,1,10,12-14H2,2H3,(H,32,37)/t17-,18+,23+/m1/s1. The fraction of sp³-hybridized carbons (Fsp3) is 0.276. The number of ether oxygens (including phenoxy) is 1. The largest absolute Gasteiger partial charge is 0.493 e. The second-order valence-electron chi connectivity index (χ2n) is 9.63. The number of anilines is 2. The monoisotopic (exact) mass is 527 g/mol. The van der Waals surface area contributed by atoms with Crippen LogP contribution in [0.15, 0.2) is 49.3 Å². The van der Waals surface area contributed by atoms with Gasteiger partial charge in [0.05, 0.1) is 46.4 Å². The van der Waals surface area contributed by atoms with Crippen molar-refractivity contribution < 1.29 is 14.3 Å². The van der Waals surface area contributed by atoms with E-state index < -0.39 is 0 Å². The van der Waals surface area contributed by atoms with Crippen LogP contribution in [0.4, 0.5) is 11.4 Å². The Morgan fingerprint density at radius 3 is 3.03 bits per heavy atom. The van der Waals surface area contributed by atoms with Crippen molar-refractivity contribution in [2.24, 2.45) is 5.92 Å². The van der Waals surface area contributed by atoms with Gasteiger partial charge >= 0.3 is 0 Å². The Morgan fingerprint density at radius 2 is 2.21 bits per heavy atom. The van der Waals surface area contributed by atoms with E-state index in [0.29, 0.717) is 57.9 Å². The Balaban J connectivity index is 1.43. The molecule has 3 atom stereocenters. The van der Waals surface area contributed by atoms with Crippen LogP contribution in [-0.4, -0.2) is 52.4 Å². The van der Waals surface area contributed by atoms with E-state index >= 15 is 0 Å². The molecule has 192 valence electrons. The SMILES string of the molecule is C=CC(=O)N1[C@@H](C#Cc2cnccc2-c2[nH]c3c(c2Nc2cccc(Cl)c2OC)C(=O)NCC3)C[C@@H]2C[C@@H]21. The highest BCUT2D eigenvalue weighted by molar-refractivity contribution is 6.32. The molecule has 9 heteroatoms. The number of aromatic amines is 1. The number of nitrogens with zero attached hydrogens (tertiary/aromatic N) is 2. The van der Waals surface area contributed by atoms with Gasteiger partial charge in [-0.3, -0.25) is 14.6 Å². The highest BCUT2D eigenvalue weighted by atomic mass is 35.5. The highest BCUT2D eigenvalue weighted by Gasteiger charge is 2.53. The van der Waals surface area contributed by atoms with Crippen molar-refractivity contribution >= 4 is 34.8 Å². The number of benzene rings is 1. The van der Waals surface area contributed by atoms with Gasteiger partial charge in [0.25, 0.3) is 5.91 Å². The summed E-state index contributed by atoms with van der Waals surface area (Å²) in [6.45, 7) is 4.20. The molecule has 0 bridgehead atoms. The summed E-state index contributed by atoms with van der Waals surface area (Å²) in [5.74, 6) is 7.35. The first-order valence-electron chi connectivity index (χ1n) is 12.5. The number of methoxy groups -OCH3 is 1. The predicted octanol–water partition coefficient (Wildman–Crippen LogP) is 4.30. The van der Waals surface area contributed by atoms with Crippen molar-refractivity contribution in [3.63, 3.8) is 0 Å². The first kappa shape index (κ1) is 24.1. The summed E-state index contributed by atoms with van der Waals surface area (Å²) in [6.07, 6.45) is 7.34. The Labute approximate surface area is 225 Å². The zero-order chi connectivity index (χ0) is 26.4. The minimum atomic E-state index is -0.164. The predicted molar refractivity (Wildman–Crippen MR) is 146 cm³/mol. The number of carbonyl (C=O) groups excluding carboxylic acids is 2. The van der Waals surface area contributed by atoms with Gasteiger partial charge in [0.2, 0.25) is 5.91 Å². The van der Waals surface area contributed by atoms with Crippen molar-refractivity contribution in [2.45, 2.75) is 31.3 Å². The Bertz CT molecular complexity index is 1530. The van der Waals surface area contributed by atoms with Crippen LogP contribution in [-0.2, 0) is 11.2 Å². The molecule has 1 aromatic carbocycles. The molecule has 2 amide bonds. The molecule has 3 aliphatic rings. The van der Waals surface area contributed by atoms with Gasteiger partial charge in [0.1, 0.15) is 0 Å². The highest BCUT2D eigenvalue weighted by Crippen LogP contribution is 2.48. The van der Waals surface area contributed by atoms with E-state index in [1.807, 2.05) is 23.1 Å². The number of fused-ring (bicyclic) bond motifs is 2. The molecule has 6 rings (SSSR count). The molecule has 3 aromatic rings. The lowest BCUT2D eigenvalue weighted by atomic mass is 10.0. The van der Waals surface area contributed by atoms with Gasteiger partial charge in [-0.25, -0.2) is 0 Å². The number of pyridine rings is 1. The molecule has 38 heavy (non-hydrogen) atoms. The number of nitrogens with one attached hydrogen (secondary N) is 3. The number of amides is 2. The summed E-state index contributed by atoms with van der Waals surface area (Å²) in [6, 6.07) is 7.39. The first-order chi connectivity index (χ1) is 18.5. The molecular weight excluding hydrogens is 502 g/mol. The van der Waals surface area contributed by atoms with Crippen LogP contribution < -0.4 is 15.4 Å². The average molecular weight is 528 g/mol. The van der Waals surface area contributed by atoms with E-state index in [9.17, 15) is 9.59 Å². The molecule has 1 saturated heterocycles. The summed E-state index contributed by atoms with van der Waals surface area (Å²) < 4.78 is 5.53. The maximum absolute atomic E-state index is 13.0. The van der Waals surface area contributed by atoms with Gasteiger partial charge in [0.15, 0.2) is 5.75 Å². The number of halogens is 1. The molecule has 2 fully saturated rings. The summed E-state index contributed by atoms with van der Waals surface area (Å²) in [4.78, 5) is 35.1. The normalized spacial score (nSPS) is 20.9. The van der Waals surface area contributed by atoms with Crippen LogP contribution in [0.25, 0.3) is 11.3 Å². The molecule has 1 aliphatic carbocycles. The number of para-hydroxylation sites is 1. The smallest absolute Gasteiger partial charge is 0.255 e. The molecular formula is C29H26ClN5O3. The molecule has 2 aliphatic heterocycles. The third-order valence-corrected chi connectivity index (χ3v) is 7.69. The Morgan fingerprint density at radius 1 is 1.34 bits per heavy atom. The molecule has 2 aromatic heterocycles. The topological polar surface area (TPSA) is 99.3 Å². The number of hydrogen-bond donors (Lipinski definition) is 3. The van der Waals surface area contributed by atoms with Gasteiger partial charge < -0.3 is 25.3 Å². The summed E-state index contributed by atoms with van der Waals surface area (Å²) in [5.41, 5.74) is 4.82. The van der Waals surface area contributed by atoms with E-state index in [-0.39, 0.29) is 23.9 Å². The number of likely N-dealkylation sites (tertiary alicyclic amines) is 1. The van der Waals surface area contributed by atoms with Gasteiger partial charge in [-0.2, -0.15) is 0 Å². The van der Waals surface area contributed by atoms with E-state index in [4.69, 9.17) is 16.3 Å². The minimum Gasteiger partial charge on any atom is -0.493 e. The molecule has 0 spiro atoms. The fourth-order valence-electron chi connectivity index (χ4n) is 5.54. The molecule has 0 unspecified atom stereocenters. The number of aromatic nitrogens is 2. The van der Waals surface area contributed by atoms with Crippen LogP contribution in [0.5, 0.6) is 5.75 Å². The van der Waals surface area contributed by atoms with Crippen LogP contribution in [0.2, 0.25) is 5.02 Å². The summed E-state index contributed by atoms with van der Waals surface area (Å²) in [5, 5.41) is 6.79. The number of carbonyl (C=O) groups is 2. The van der Waals surface area contributed by atoms with Gasteiger partial charge in [-0.05, 0) is 43.0 Å². The van der Waals surface area contributed by atoms with E-state index in [1.54, 1.807) is 25.6 Å². The lowest BCUT2D eigenvalue weighted by Crippen LogP contribution is -2.36. The van der Waals surface area contributed by atoms with Gasteiger partial charge in [-0.15, -0.1) is 0 Å². The minimum absolute atomic E-state index is 0.0780. The lowest BCUT2D eigenvalue weighted by Gasteiger charge is -2.22. The Hall–Kier alpha value is -4.22. The van der Waals surface area contributed by atoms with E-state index in [2.05, 4.69) is 39.0 Å². The molecule has 0 radical (unpaired) electrons. The van der Waals surface area contributed by atoms with Crippen molar-refractivity contribution in [3.8, 4) is 28.8 Å². The number of H-pyrrole nitrogens is 1. The quantitative estimate of drug-likeness (QED) is 0.339. The van der Waals surface area contributed by atoms with Gasteiger partial charge in [-0.1, -0.05) is 36.1 Å². The van der Waals surface area contributed by atoms with E-state index in [1.165, 1.54) is 6.08 Å². The van der Waals surface area contributed by atoms with E-state index in [0.717, 1.165) is 24.1 Å². The number of hydrogen-bond acceptors (Lipinski definition) is 5. The van der Waals surface area contributed by atoms with Crippen LogP contribution in [0.1, 0.15) is 34.5 Å². The maximum atomic E-state index is 13.0. The second kappa shape index (κ2) is 9.58. The molecule has 3 N–H and O–H groups in total. The van der Waals surface area contributed by atoms with Gasteiger partial charge in [0, 0.05) is 42.7 Å². The Kier molecular flexibility index (Phi) is 6.09. The maximum Gasteiger partial charge on any atom is 0.255 e. The number of rotatable bonds is 5. The summed E-state index contributed by atoms with van der Waals surface area (Å²) in [7, 11) is 1.55. The van der Waals surface area contributed by atoms with Crippen LogP contribution in [0.3, 0.4) is 0 Å². The summed E-state index contributed by atoms with van der Waals surface area (Å²) >= 11 is 6.37. The van der Waals surface area contributed by atoms with Crippen LogP contribution in [0, 0.1) is 17.8 Å². The number of piperidine rings is 1. The van der Waals surface area contributed by atoms with Crippen molar-refractivity contribution in [2.75, 3.05) is 19.0 Å². The molecule has 8 nitrogen and oxygen atoms in total. The fourth-order valence-corrected chi connectivity index (χ4v) is 5.79. The zero-order valence-electron chi connectivity index (χ0n) is 20.8. The lowest BCUT2D eigenvalue weighted by molar-refractivity contribution is -0.126. The third kappa shape index (κ3) is 4.09.